The quantitative estimate of drug-likeness (QED) is 0.463. The van der Waals surface area contributed by atoms with E-state index in [2.05, 4.69) is 15.0 Å². The number of benzene rings is 2. The molecular formula is C21H22FN5O3. The van der Waals surface area contributed by atoms with Gasteiger partial charge in [0.2, 0.25) is 11.7 Å². The molecule has 9 heteroatoms. The monoisotopic (exact) mass is 411 g/mol. The third kappa shape index (κ3) is 4.02. The minimum absolute atomic E-state index is 0.0814. The Balaban J connectivity index is 1.43. The molecule has 0 spiro atoms. The van der Waals surface area contributed by atoms with Gasteiger partial charge in [-0.3, -0.25) is 15.0 Å². The van der Waals surface area contributed by atoms with Crippen LogP contribution in [0.3, 0.4) is 0 Å². The number of anilines is 1. The first-order chi connectivity index (χ1) is 14.4. The number of nitrogens with zero attached hydrogens (tertiary/aromatic N) is 5. The van der Waals surface area contributed by atoms with Gasteiger partial charge >= 0.3 is 0 Å². The summed E-state index contributed by atoms with van der Waals surface area (Å²) in [6.45, 7) is 6.51. The Morgan fingerprint density at radius 1 is 1.13 bits per heavy atom. The molecule has 2 heterocycles. The smallest absolute Gasteiger partial charge is 0.295 e. The van der Waals surface area contributed by atoms with Crippen molar-refractivity contribution in [3.63, 3.8) is 0 Å². The molecule has 0 radical (unpaired) electrons. The summed E-state index contributed by atoms with van der Waals surface area (Å²) in [5.41, 5.74) is 2.29. The van der Waals surface area contributed by atoms with E-state index in [0.717, 1.165) is 17.2 Å². The predicted octanol–water partition coefficient (Wildman–Crippen LogP) is 3.98. The second-order valence-electron chi connectivity index (χ2n) is 7.41. The zero-order valence-electron chi connectivity index (χ0n) is 16.8. The molecule has 1 saturated heterocycles. The molecule has 156 valence electrons. The van der Waals surface area contributed by atoms with E-state index in [1.165, 1.54) is 12.1 Å². The average molecular weight is 411 g/mol. The van der Waals surface area contributed by atoms with E-state index in [1.54, 1.807) is 0 Å². The number of aryl methyl sites for hydroxylation is 1. The summed E-state index contributed by atoms with van der Waals surface area (Å²) in [5, 5.41) is 15.4. The van der Waals surface area contributed by atoms with Crippen LogP contribution in [0.15, 0.2) is 47.0 Å². The van der Waals surface area contributed by atoms with E-state index in [1.807, 2.05) is 43.0 Å². The van der Waals surface area contributed by atoms with Gasteiger partial charge in [-0.2, -0.15) is 4.98 Å². The number of halogens is 1. The number of hydrogen-bond donors (Lipinski definition) is 0. The Bertz CT molecular complexity index is 1050. The lowest BCUT2D eigenvalue weighted by atomic mass is 10.1. The molecule has 4 rings (SSSR count). The third-order valence-corrected chi connectivity index (χ3v) is 5.45. The van der Waals surface area contributed by atoms with Crippen LogP contribution < -0.4 is 4.90 Å². The average Bonchev–Trinajstić information content (AvgIpc) is 3.24. The Labute approximate surface area is 173 Å². The van der Waals surface area contributed by atoms with Crippen molar-refractivity contribution < 1.29 is 13.8 Å². The molecule has 1 aliphatic heterocycles. The molecule has 2 aromatic carbocycles. The Morgan fingerprint density at radius 2 is 1.83 bits per heavy atom. The lowest BCUT2D eigenvalue weighted by Crippen LogP contribution is -2.47. The fourth-order valence-corrected chi connectivity index (χ4v) is 3.64. The van der Waals surface area contributed by atoms with E-state index in [0.29, 0.717) is 43.6 Å². The van der Waals surface area contributed by atoms with Crippen molar-refractivity contribution in [1.29, 1.82) is 0 Å². The maximum Gasteiger partial charge on any atom is 0.295 e. The van der Waals surface area contributed by atoms with Crippen LogP contribution in [0.2, 0.25) is 0 Å². The van der Waals surface area contributed by atoms with Gasteiger partial charge in [-0.05, 0) is 26.0 Å². The minimum Gasteiger partial charge on any atom is -0.363 e. The standard InChI is InChI=1S/C21H22FN5O3/c1-14-3-5-16(6-4-14)20-23-21(30-24-20)15(2)25-9-11-26(12-10-25)18-8-7-17(22)13-19(18)27(28)29/h3-8,13,15H,9-12H2,1-2H3. The van der Waals surface area contributed by atoms with Crippen molar-refractivity contribution in [1.82, 2.24) is 15.0 Å². The molecule has 1 aromatic heterocycles. The number of aromatic nitrogens is 2. The largest absolute Gasteiger partial charge is 0.363 e. The van der Waals surface area contributed by atoms with Gasteiger partial charge in [0.1, 0.15) is 11.5 Å². The normalized spacial score (nSPS) is 15.9. The zero-order valence-corrected chi connectivity index (χ0v) is 16.8. The van der Waals surface area contributed by atoms with Crippen molar-refractivity contribution in [3.05, 3.63) is 69.9 Å². The zero-order chi connectivity index (χ0) is 21.3. The third-order valence-electron chi connectivity index (χ3n) is 5.45. The summed E-state index contributed by atoms with van der Waals surface area (Å²) in [4.78, 5) is 19.4. The van der Waals surface area contributed by atoms with Crippen LogP contribution in [0.4, 0.5) is 15.8 Å². The summed E-state index contributed by atoms with van der Waals surface area (Å²) in [7, 11) is 0. The summed E-state index contributed by atoms with van der Waals surface area (Å²) in [5.74, 6) is 0.475. The first-order valence-corrected chi connectivity index (χ1v) is 9.76. The van der Waals surface area contributed by atoms with Crippen molar-refractivity contribution in [2.45, 2.75) is 19.9 Å². The highest BCUT2D eigenvalue weighted by atomic mass is 19.1. The van der Waals surface area contributed by atoms with Crippen molar-refractivity contribution in [2.75, 3.05) is 31.1 Å². The van der Waals surface area contributed by atoms with Gasteiger partial charge in [0, 0.05) is 31.7 Å². The van der Waals surface area contributed by atoms with Crippen LogP contribution >= 0.6 is 0 Å². The lowest BCUT2D eigenvalue weighted by molar-refractivity contribution is -0.384. The van der Waals surface area contributed by atoms with Crippen LogP contribution in [-0.2, 0) is 0 Å². The van der Waals surface area contributed by atoms with Crippen molar-refractivity contribution in [2.24, 2.45) is 0 Å². The van der Waals surface area contributed by atoms with Gasteiger partial charge in [0.15, 0.2) is 0 Å². The lowest BCUT2D eigenvalue weighted by Gasteiger charge is -2.37. The van der Waals surface area contributed by atoms with Gasteiger partial charge in [-0.1, -0.05) is 35.0 Å². The second-order valence-corrected chi connectivity index (χ2v) is 7.41. The van der Waals surface area contributed by atoms with E-state index in [4.69, 9.17) is 4.52 Å². The molecule has 1 unspecified atom stereocenters. The SMILES string of the molecule is Cc1ccc(-c2noc(C(C)N3CCN(c4ccc(F)cc4[N+](=O)[O-])CC3)n2)cc1. The van der Waals surface area contributed by atoms with Gasteiger partial charge < -0.3 is 9.42 Å². The van der Waals surface area contributed by atoms with Crippen molar-refractivity contribution in [3.8, 4) is 11.4 Å². The molecule has 0 N–H and O–H groups in total. The number of nitro benzene ring substituents is 1. The topological polar surface area (TPSA) is 88.5 Å². The second kappa shape index (κ2) is 8.19. The summed E-state index contributed by atoms with van der Waals surface area (Å²) >= 11 is 0. The molecule has 0 aliphatic carbocycles. The molecule has 0 amide bonds. The van der Waals surface area contributed by atoms with Gasteiger partial charge in [-0.15, -0.1) is 0 Å². The Kier molecular flexibility index (Phi) is 5.45. The van der Waals surface area contributed by atoms with Gasteiger partial charge in [-0.25, -0.2) is 4.39 Å². The number of nitro groups is 1. The highest BCUT2D eigenvalue weighted by molar-refractivity contribution is 5.63. The number of hydrogen-bond acceptors (Lipinski definition) is 7. The fraction of sp³-hybridized carbons (Fsp3) is 0.333. The predicted molar refractivity (Wildman–Crippen MR) is 110 cm³/mol. The number of rotatable bonds is 5. The van der Waals surface area contributed by atoms with E-state index in [-0.39, 0.29) is 11.7 Å². The molecule has 30 heavy (non-hydrogen) atoms. The molecule has 0 saturated carbocycles. The first-order valence-electron chi connectivity index (χ1n) is 9.76. The van der Waals surface area contributed by atoms with Crippen LogP contribution in [0, 0.1) is 22.9 Å². The molecule has 3 aromatic rings. The number of piperazine rings is 1. The maximum absolute atomic E-state index is 13.4. The Morgan fingerprint density at radius 3 is 2.50 bits per heavy atom. The summed E-state index contributed by atoms with van der Waals surface area (Å²) in [6, 6.07) is 11.5. The molecule has 1 atom stereocenters. The fourth-order valence-electron chi connectivity index (χ4n) is 3.64. The summed E-state index contributed by atoms with van der Waals surface area (Å²) in [6.07, 6.45) is 0. The van der Waals surface area contributed by atoms with Crippen LogP contribution in [0.1, 0.15) is 24.4 Å². The maximum atomic E-state index is 13.4. The van der Waals surface area contributed by atoms with Crippen LogP contribution in [0.5, 0.6) is 0 Å². The first kappa shape index (κ1) is 20.0. The van der Waals surface area contributed by atoms with E-state index in [9.17, 15) is 14.5 Å². The molecule has 8 nitrogen and oxygen atoms in total. The summed E-state index contributed by atoms with van der Waals surface area (Å²) < 4.78 is 18.9. The molecule has 0 bridgehead atoms. The van der Waals surface area contributed by atoms with Gasteiger partial charge in [0.05, 0.1) is 17.0 Å². The minimum atomic E-state index is -0.613. The van der Waals surface area contributed by atoms with E-state index >= 15 is 0 Å². The highest BCUT2D eigenvalue weighted by Crippen LogP contribution is 2.31. The highest BCUT2D eigenvalue weighted by Gasteiger charge is 2.28. The molecule has 1 aliphatic rings. The molecule has 1 fully saturated rings. The van der Waals surface area contributed by atoms with E-state index < -0.39 is 10.7 Å². The van der Waals surface area contributed by atoms with Crippen LogP contribution in [0.25, 0.3) is 11.4 Å². The van der Waals surface area contributed by atoms with Gasteiger partial charge in [0.25, 0.3) is 5.69 Å². The Hall–Kier alpha value is -3.33. The van der Waals surface area contributed by atoms with Crippen molar-refractivity contribution >= 4 is 11.4 Å². The van der Waals surface area contributed by atoms with Crippen LogP contribution in [-0.4, -0.2) is 46.1 Å². The molecular weight excluding hydrogens is 389 g/mol.